The van der Waals surface area contributed by atoms with Crippen LogP contribution in [-0.2, 0) is 14.6 Å². The molecule has 2 N–H and O–H groups in total. The maximum absolute atomic E-state index is 13.2. The molecule has 0 aliphatic heterocycles. The fraction of sp³-hybridized carbons (Fsp3) is 0.200. The summed E-state index contributed by atoms with van der Waals surface area (Å²) in [7, 11) is -3.32. The molecule has 0 bridgehead atoms. The van der Waals surface area contributed by atoms with Gasteiger partial charge in [-0.05, 0) is 54.8 Å². The van der Waals surface area contributed by atoms with E-state index in [1.807, 2.05) is 26.0 Å². The van der Waals surface area contributed by atoms with Crippen LogP contribution in [0.1, 0.15) is 46.6 Å². The molecule has 7 nitrogen and oxygen atoms in total. The lowest BCUT2D eigenvalue weighted by molar-refractivity contribution is -0.118. The Kier molecular flexibility index (Phi) is 7.50. The second kappa shape index (κ2) is 10.3. The number of amides is 2. The predicted octanol–water partition coefficient (Wildman–Crippen LogP) is 4.03. The minimum atomic E-state index is -3.32. The maximum Gasteiger partial charge on any atom is 0.268 e. The van der Waals surface area contributed by atoms with Crippen molar-refractivity contribution in [2.45, 2.75) is 31.2 Å². The molecule has 2 aromatic carbocycles. The molecule has 1 atom stereocenters. The van der Waals surface area contributed by atoms with E-state index in [1.165, 1.54) is 24.5 Å². The van der Waals surface area contributed by atoms with E-state index in [4.69, 9.17) is 4.42 Å². The van der Waals surface area contributed by atoms with Gasteiger partial charge in [-0.15, -0.1) is 0 Å². The number of furan rings is 1. The van der Waals surface area contributed by atoms with E-state index in [0.29, 0.717) is 17.7 Å². The van der Waals surface area contributed by atoms with Crippen LogP contribution >= 0.6 is 0 Å². The smallest absolute Gasteiger partial charge is 0.268 e. The summed E-state index contributed by atoms with van der Waals surface area (Å²) in [6.45, 7) is 3.72. The zero-order chi connectivity index (χ0) is 24.0. The van der Waals surface area contributed by atoms with Crippen LogP contribution in [0.2, 0.25) is 0 Å². The lowest BCUT2D eigenvalue weighted by atomic mass is 10.0. The summed E-state index contributed by atoms with van der Waals surface area (Å²) < 4.78 is 28.8. The van der Waals surface area contributed by atoms with Crippen molar-refractivity contribution in [3.63, 3.8) is 0 Å². The molecule has 0 saturated heterocycles. The average Bonchev–Trinajstić information content (AvgIpc) is 3.30. The van der Waals surface area contributed by atoms with Crippen molar-refractivity contribution < 1.29 is 22.4 Å². The molecule has 1 heterocycles. The quantitative estimate of drug-likeness (QED) is 0.488. The van der Waals surface area contributed by atoms with Gasteiger partial charge in [-0.3, -0.25) is 9.59 Å². The second-order valence-electron chi connectivity index (χ2n) is 7.62. The molecule has 0 aliphatic rings. The Morgan fingerprint density at radius 2 is 1.73 bits per heavy atom. The highest BCUT2D eigenvalue weighted by molar-refractivity contribution is 7.90. The first-order valence-electron chi connectivity index (χ1n) is 10.4. The van der Waals surface area contributed by atoms with Gasteiger partial charge in [0.15, 0.2) is 9.84 Å². The molecule has 33 heavy (non-hydrogen) atoms. The molecule has 0 unspecified atom stereocenters. The number of benzene rings is 2. The Morgan fingerprint density at radius 3 is 2.30 bits per heavy atom. The zero-order valence-corrected chi connectivity index (χ0v) is 19.5. The van der Waals surface area contributed by atoms with Gasteiger partial charge in [0.25, 0.3) is 11.8 Å². The van der Waals surface area contributed by atoms with E-state index in [1.54, 1.807) is 36.4 Å². The van der Waals surface area contributed by atoms with E-state index in [-0.39, 0.29) is 16.6 Å². The zero-order valence-electron chi connectivity index (χ0n) is 18.7. The molecule has 172 valence electrons. The van der Waals surface area contributed by atoms with E-state index < -0.39 is 21.7 Å². The van der Waals surface area contributed by atoms with Gasteiger partial charge in [0.1, 0.15) is 11.5 Å². The fourth-order valence-corrected chi connectivity index (χ4v) is 3.93. The summed E-state index contributed by atoms with van der Waals surface area (Å²) in [6, 6.07) is 16.4. The molecule has 2 amide bonds. The van der Waals surface area contributed by atoms with E-state index in [9.17, 15) is 18.0 Å². The highest BCUT2D eigenvalue weighted by atomic mass is 32.2. The molecule has 0 fully saturated rings. The van der Waals surface area contributed by atoms with Crippen LogP contribution in [0.3, 0.4) is 0 Å². The number of nitrogens with one attached hydrogen (secondary N) is 2. The van der Waals surface area contributed by atoms with Crippen LogP contribution in [0.4, 0.5) is 0 Å². The topological polar surface area (TPSA) is 105 Å². The summed E-state index contributed by atoms with van der Waals surface area (Å²) in [5.74, 6) is -0.491. The summed E-state index contributed by atoms with van der Waals surface area (Å²) >= 11 is 0. The van der Waals surface area contributed by atoms with Crippen molar-refractivity contribution in [3.8, 4) is 0 Å². The van der Waals surface area contributed by atoms with Crippen molar-refractivity contribution in [1.82, 2.24) is 10.6 Å². The van der Waals surface area contributed by atoms with E-state index >= 15 is 0 Å². The van der Waals surface area contributed by atoms with Gasteiger partial charge in [-0.25, -0.2) is 8.42 Å². The number of hydrogen-bond donors (Lipinski definition) is 2. The summed E-state index contributed by atoms with van der Waals surface area (Å²) in [5, 5.41) is 5.61. The first-order valence-corrected chi connectivity index (χ1v) is 12.3. The average molecular weight is 467 g/mol. The van der Waals surface area contributed by atoms with E-state index in [0.717, 1.165) is 17.4 Å². The van der Waals surface area contributed by atoms with Crippen molar-refractivity contribution in [3.05, 3.63) is 95.1 Å². The predicted molar refractivity (Wildman–Crippen MR) is 126 cm³/mol. The molecule has 0 spiro atoms. The molecule has 0 aliphatic carbocycles. The van der Waals surface area contributed by atoms with Gasteiger partial charge in [0.2, 0.25) is 0 Å². The molecule has 0 saturated carbocycles. The molecule has 8 heteroatoms. The molecule has 1 aromatic heterocycles. The van der Waals surface area contributed by atoms with Crippen LogP contribution in [0.5, 0.6) is 0 Å². The molecule has 3 rings (SSSR count). The van der Waals surface area contributed by atoms with Crippen LogP contribution in [0, 0.1) is 6.92 Å². The van der Waals surface area contributed by atoms with Crippen LogP contribution in [0.15, 0.2) is 81.9 Å². The third-order valence-corrected chi connectivity index (χ3v) is 6.26. The van der Waals surface area contributed by atoms with Gasteiger partial charge in [-0.1, -0.05) is 37.3 Å². The van der Waals surface area contributed by atoms with Gasteiger partial charge in [-0.2, -0.15) is 0 Å². The number of rotatable bonds is 8. The van der Waals surface area contributed by atoms with Crippen LogP contribution < -0.4 is 10.6 Å². The Hall–Kier alpha value is -3.65. The minimum absolute atomic E-state index is 0.0319. The number of carbonyl (C=O) groups is 2. The highest BCUT2D eigenvalue weighted by Crippen LogP contribution is 2.20. The van der Waals surface area contributed by atoms with Gasteiger partial charge >= 0.3 is 0 Å². The third kappa shape index (κ3) is 6.20. The van der Waals surface area contributed by atoms with Crippen molar-refractivity contribution in [2.24, 2.45) is 0 Å². The Labute approximate surface area is 193 Å². The molecule has 3 aromatic rings. The summed E-state index contributed by atoms with van der Waals surface area (Å²) in [6.07, 6.45) is 4.64. The Morgan fingerprint density at radius 1 is 1.03 bits per heavy atom. The normalized spacial score (nSPS) is 12.8. The lowest BCUT2D eigenvalue weighted by Crippen LogP contribution is -2.37. The SMILES string of the molecule is CC[C@@H](NC(=O)/C(=C/c1ccco1)NC(=O)c1ccccc1C)c1ccc(S(C)(=O)=O)cc1. The second-order valence-corrected chi connectivity index (χ2v) is 9.63. The third-order valence-electron chi connectivity index (χ3n) is 5.14. The standard InChI is InChI=1S/C25H26N2O5S/c1-4-22(18-11-13-20(14-12-18)33(3,30)31)26-25(29)23(16-19-9-7-15-32-19)27-24(28)21-10-6-5-8-17(21)2/h5-16,22H,4H2,1-3H3,(H,26,29)(H,27,28)/b23-16-/t22-/m1/s1. The highest BCUT2D eigenvalue weighted by Gasteiger charge is 2.20. The maximum atomic E-state index is 13.2. The van der Waals surface area contributed by atoms with Gasteiger partial charge in [0, 0.05) is 17.9 Å². The van der Waals surface area contributed by atoms with Crippen molar-refractivity contribution in [2.75, 3.05) is 6.26 Å². The summed E-state index contributed by atoms with van der Waals surface area (Å²) in [4.78, 5) is 26.2. The van der Waals surface area contributed by atoms with Gasteiger partial charge in [0.05, 0.1) is 17.2 Å². The number of carbonyl (C=O) groups excluding carboxylic acids is 2. The summed E-state index contributed by atoms with van der Waals surface area (Å²) in [5.41, 5.74) is 2.02. The monoisotopic (exact) mass is 466 g/mol. The molecular formula is C25H26N2O5S. The van der Waals surface area contributed by atoms with Crippen molar-refractivity contribution >= 4 is 27.7 Å². The Bertz CT molecular complexity index is 1260. The number of aryl methyl sites for hydroxylation is 1. The van der Waals surface area contributed by atoms with Gasteiger partial charge < -0.3 is 15.1 Å². The first kappa shape index (κ1) is 24.0. The minimum Gasteiger partial charge on any atom is -0.465 e. The Balaban J connectivity index is 1.85. The first-order chi connectivity index (χ1) is 15.7. The number of sulfone groups is 1. The molecule has 0 radical (unpaired) electrons. The van der Waals surface area contributed by atoms with Crippen LogP contribution in [-0.4, -0.2) is 26.5 Å². The number of hydrogen-bond acceptors (Lipinski definition) is 5. The van der Waals surface area contributed by atoms with E-state index in [2.05, 4.69) is 10.6 Å². The van der Waals surface area contributed by atoms with Crippen LogP contribution in [0.25, 0.3) is 6.08 Å². The fourth-order valence-electron chi connectivity index (χ4n) is 3.30. The lowest BCUT2D eigenvalue weighted by Gasteiger charge is -2.19. The van der Waals surface area contributed by atoms with Crippen molar-refractivity contribution in [1.29, 1.82) is 0 Å². The molecular weight excluding hydrogens is 440 g/mol. The largest absolute Gasteiger partial charge is 0.465 e.